The van der Waals surface area contributed by atoms with Gasteiger partial charge in [0.05, 0.1) is 6.54 Å². The van der Waals surface area contributed by atoms with Gasteiger partial charge in [-0.2, -0.15) is 0 Å². The quantitative estimate of drug-likeness (QED) is 0.759. The fraction of sp³-hybridized carbons (Fsp3) is 0.300. The number of likely N-dealkylation sites (tertiary alicyclic amines) is 1. The molecule has 0 spiro atoms. The zero-order valence-electron chi connectivity index (χ0n) is 14.8. The van der Waals surface area contributed by atoms with E-state index in [1.165, 1.54) is 6.42 Å². The third-order valence-corrected chi connectivity index (χ3v) is 4.81. The molecule has 1 fully saturated rings. The molecule has 3 rings (SSSR count). The Balaban J connectivity index is 1.52. The predicted molar refractivity (Wildman–Crippen MR) is 110 cm³/mol. The van der Waals surface area contributed by atoms with Crippen molar-refractivity contribution in [1.29, 1.82) is 0 Å². The summed E-state index contributed by atoms with van der Waals surface area (Å²) in [6.07, 6.45) is 3.33. The molecule has 27 heavy (non-hydrogen) atoms. The van der Waals surface area contributed by atoms with Crippen LogP contribution in [0.25, 0.3) is 0 Å². The molecule has 0 radical (unpaired) electrons. The maximum Gasteiger partial charge on any atom is 0.253 e. The number of benzene rings is 2. The first-order chi connectivity index (χ1) is 13.0. The van der Waals surface area contributed by atoms with Crippen LogP contribution >= 0.6 is 23.2 Å². The molecule has 2 N–H and O–H groups in total. The zero-order valence-corrected chi connectivity index (χ0v) is 16.3. The molecule has 0 unspecified atom stereocenters. The van der Waals surface area contributed by atoms with Gasteiger partial charge >= 0.3 is 0 Å². The van der Waals surface area contributed by atoms with Crippen LogP contribution < -0.4 is 10.6 Å². The van der Waals surface area contributed by atoms with Gasteiger partial charge in [0.1, 0.15) is 0 Å². The van der Waals surface area contributed by atoms with Crippen molar-refractivity contribution in [3.63, 3.8) is 0 Å². The van der Waals surface area contributed by atoms with Crippen molar-refractivity contribution in [2.24, 2.45) is 0 Å². The lowest BCUT2D eigenvalue weighted by molar-refractivity contribution is -0.114. The fourth-order valence-electron chi connectivity index (χ4n) is 3.02. The van der Waals surface area contributed by atoms with Gasteiger partial charge in [0.25, 0.3) is 5.91 Å². The Labute approximate surface area is 168 Å². The first-order valence-corrected chi connectivity index (χ1v) is 9.66. The number of halogens is 2. The summed E-state index contributed by atoms with van der Waals surface area (Å²) in [4.78, 5) is 26.4. The Morgan fingerprint density at radius 3 is 2.15 bits per heavy atom. The molecule has 0 saturated carbocycles. The average Bonchev–Trinajstić information content (AvgIpc) is 2.66. The largest absolute Gasteiger partial charge is 0.376 e. The number of carbonyl (C=O) groups is 2. The van der Waals surface area contributed by atoms with Crippen LogP contribution in [0.1, 0.15) is 29.6 Å². The Morgan fingerprint density at radius 1 is 0.889 bits per heavy atom. The van der Waals surface area contributed by atoms with Gasteiger partial charge in [0.2, 0.25) is 5.91 Å². The van der Waals surface area contributed by atoms with Crippen molar-refractivity contribution >= 4 is 46.4 Å². The first-order valence-electron chi connectivity index (χ1n) is 8.90. The number of hydrogen-bond acceptors (Lipinski definition) is 3. The lowest BCUT2D eigenvalue weighted by atomic mass is 10.1. The minimum absolute atomic E-state index is 0.0665. The summed E-state index contributed by atoms with van der Waals surface area (Å²) in [5.41, 5.74) is 1.98. The van der Waals surface area contributed by atoms with E-state index in [0.29, 0.717) is 21.3 Å². The minimum atomic E-state index is -0.221. The van der Waals surface area contributed by atoms with Crippen molar-refractivity contribution in [2.75, 3.05) is 30.3 Å². The number of piperidine rings is 1. The Morgan fingerprint density at radius 2 is 1.52 bits per heavy atom. The maximum atomic E-state index is 12.5. The van der Waals surface area contributed by atoms with E-state index in [1.54, 1.807) is 42.5 Å². The van der Waals surface area contributed by atoms with E-state index >= 15 is 0 Å². The molecule has 1 aliphatic rings. The highest BCUT2D eigenvalue weighted by molar-refractivity contribution is 6.35. The molecule has 2 amide bonds. The zero-order chi connectivity index (χ0) is 19.2. The van der Waals surface area contributed by atoms with Crippen LogP contribution in [0, 0.1) is 0 Å². The minimum Gasteiger partial charge on any atom is -0.376 e. The van der Waals surface area contributed by atoms with E-state index in [9.17, 15) is 9.59 Å². The third kappa shape index (κ3) is 5.62. The number of nitrogens with one attached hydrogen (secondary N) is 2. The fourth-order valence-corrected chi connectivity index (χ4v) is 3.55. The van der Waals surface area contributed by atoms with E-state index in [2.05, 4.69) is 10.6 Å². The first kappa shape index (κ1) is 19.5. The summed E-state index contributed by atoms with van der Waals surface area (Å²) >= 11 is 11.8. The molecule has 1 saturated heterocycles. The second-order valence-corrected chi connectivity index (χ2v) is 7.36. The van der Waals surface area contributed by atoms with Crippen LogP contribution in [0.15, 0.2) is 42.5 Å². The summed E-state index contributed by atoms with van der Waals surface area (Å²) in [5, 5.41) is 6.69. The van der Waals surface area contributed by atoms with Crippen LogP contribution in [-0.4, -0.2) is 36.3 Å². The number of hydrogen-bond donors (Lipinski definition) is 2. The van der Waals surface area contributed by atoms with Gasteiger partial charge in [-0.05, 0) is 61.7 Å². The van der Waals surface area contributed by atoms with Crippen LogP contribution in [0.3, 0.4) is 0 Å². The molecule has 0 aliphatic carbocycles. The van der Waals surface area contributed by atoms with Gasteiger partial charge in [0.15, 0.2) is 0 Å². The summed E-state index contributed by atoms with van der Waals surface area (Å²) in [6, 6.07) is 12.0. The SMILES string of the molecule is O=C(CNc1ccc(C(=O)N2CCCCC2)cc1)Nc1cc(Cl)cc(Cl)c1. The summed E-state index contributed by atoms with van der Waals surface area (Å²) in [6.45, 7) is 1.74. The smallest absolute Gasteiger partial charge is 0.253 e. The Kier molecular flexibility index (Phi) is 6.58. The highest BCUT2D eigenvalue weighted by atomic mass is 35.5. The van der Waals surface area contributed by atoms with Crippen LogP contribution in [0.4, 0.5) is 11.4 Å². The van der Waals surface area contributed by atoms with E-state index in [0.717, 1.165) is 31.6 Å². The molecule has 0 bridgehead atoms. The van der Waals surface area contributed by atoms with E-state index in [1.807, 2.05) is 4.90 Å². The molecule has 2 aromatic rings. The molecule has 142 valence electrons. The lowest BCUT2D eigenvalue weighted by Gasteiger charge is -2.26. The molecule has 5 nitrogen and oxygen atoms in total. The maximum absolute atomic E-state index is 12.5. The second kappa shape index (κ2) is 9.11. The van der Waals surface area contributed by atoms with Crippen molar-refractivity contribution in [3.8, 4) is 0 Å². The molecule has 1 aliphatic heterocycles. The van der Waals surface area contributed by atoms with Crippen molar-refractivity contribution in [3.05, 3.63) is 58.1 Å². The van der Waals surface area contributed by atoms with Crippen molar-refractivity contribution in [2.45, 2.75) is 19.3 Å². The Bertz CT molecular complexity index is 798. The van der Waals surface area contributed by atoms with Gasteiger partial charge < -0.3 is 15.5 Å². The average molecular weight is 406 g/mol. The lowest BCUT2D eigenvalue weighted by Crippen LogP contribution is -2.35. The molecular weight excluding hydrogens is 385 g/mol. The van der Waals surface area contributed by atoms with Gasteiger partial charge in [-0.25, -0.2) is 0 Å². The number of amides is 2. The number of rotatable bonds is 5. The standard InChI is InChI=1S/C20H21Cl2N3O2/c21-15-10-16(22)12-18(11-15)24-19(26)13-23-17-6-4-14(5-7-17)20(27)25-8-2-1-3-9-25/h4-7,10-12,23H,1-3,8-9,13H2,(H,24,26). The number of nitrogens with zero attached hydrogens (tertiary/aromatic N) is 1. The summed E-state index contributed by atoms with van der Waals surface area (Å²) in [5.74, 6) is -0.154. The van der Waals surface area contributed by atoms with Crippen LogP contribution in [-0.2, 0) is 4.79 Å². The third-order valence-electron chi connectivity index (χ3n) is 4.37. The highest BCUT2D eigenvalue weighted by Crippen LogP contribution is 2.22. The van der Waals surface area contributed by atoms with Crippen LogP contribution in [0.5, 0.6) is 0 Å². The molecule has 2 aromatic carbocycles. The summed E-state index contributed by atoms with van der Waals surface area (Å²) in [7, 11) is 0. The van der Waals surface area contributed by atoms with Crippen LogP contribution in [0.2, 0.25) is 10.0 Å². The molecule has 1 heterocycles. The molecule has 0 aromatic heterocycles. The molecular formula is C20H21Cl2N3O2. The van der Waals surface area contributed by atoms with Gasteiger partial charge in [0, 0.05) is 40.1 Å². The second-order valence-electron chi connectivity index (χ2n) is 6.49. The number of anilines is 2. The van der Waals surface area contributed by atoms with Gasteiger partial charge in [-0.15, -0.1) is 0 Å². The molecule has 0 atom stereocenters. The molecule has 7 heteroatoms. The van der Waals surface area contributed by atoms with Gasteiger partial charge in [-0.1, -0.05) is 23.2 Å². The summed E-state index contributed by atoms with van der Waals surface area (Å²) < 4.78 is 0. The van der Waals surface area contributed by atoms with Crippen molar-refractivity contribution < 1.29 is 9.59 Å². The van der Waals surface area contributed by atoms with E-state index in [4.69, 9.17) is 23.2 Å². The highest BCUT2D eigenvalue weighted by Gasteiger charge is 2.17. The van der Waals surface area contributed by atoms with Gasteiger partial charge in [-0.3, -0.25) is 9.59 Å². The topological polar surface area (TPSA) is 61.4 Å². The number of carbonyl (C=O) groups excluding carboxylic acids is 2. The normalized spacial score (nSPS) is 13.9. The Hall–Kier alpha value is -2.24. The van der Waals surface area contributed by atoms with E-state index in [-0.39, 0.29) is 18.4 Å². The van der Waals surface area contributed by atoms with E-state index < -0.39 is 0 Å². The van der Waals surface area contributed by atoms with Crippen molar-refractivity contribution in [1.82, 2.24) is 4.90 Å². The predicted octanol–water partition coefficient (Wildman–Crippen LogP) is 4.67. The monoisotopic (exact) mass is 405 g/mol.